The molecular formula is C17H26FN3O8. The molecule has 0 bridgehead atoms. The number of hydrogen-bond donors (Lipinski definition) is 4. The number of ether oxygens (including phenoxy) is 3. The molecule has 0 amide bonds. The van der Waals surface area contributed by atoms with Gasteiger partial charge in [-0.15, -0.1) is 0 Å². The first-order chi connectivity index (χ1) is 13.4. The van der Waals surface area contributed by atoms with Gasteiger partial charge in [0, 0.05) is 12.3 Å². The zero-order chi connectivity index (χ0) is 22.0. The van der Waals surface area contributed by atoms with Crippen LogP contribution in [0.4, 0.5) is 4.39 Å². The van der Waals surface area contributed by atoms with Gasteiger partial charge in [0.05, 0.1) is 12.8 Å². The molecule has 164 valence electrons. The molecule has 0 spiro atoms. The summed E-state index contributed by atoms with van der Waals surface area (Å²) in [6.07, 6.45) is -2.96. The van der Waals surface area contributed by atoms with Gasteiger partial charge in [0.15, 0.2) is 6.23 Å². The first-order valence-corrected chi connectivity index (χ1v) is 8.98. The summed E-state index contributed by atoms with van der Waals surface area (Å²) in [4.78, 5) is 36.8. The molecule has 29 heavy (non-hydrogen) atoms. The Balaban J connectivity index is 2.01. The number of nitrogens with one attached hydrogen (secondary N) is 2. The number of carbonyl (C=O) groups is 1. The van der Waals surface area contributed by atoms with E-state index in [0.29, 0.717) is 0 Å². The largest absolute Gasteiger partial charge is 0.462 e. The van der Waals surface area contributed by atoms with Crippen LogP contribution in [0.3, 0.4) is 0 Å². The number of aliphatic hydroxyl groups is 2. The zero-order valence-electron chi connectivity index (χ0n) is 16.5. The van der Waals surface area contributed by atoms with Crippen molar-refractivity contribution in [3.05, 3.63) is 33.1 Å². The van der Waals surface area contributed by atoms with Crippen LogP contribution in [0.15, 0.2) is 21.9 Å². The highest BCUT2D eigenvalue weighted by atomic mass is 19.2. The summed E-state index contributed by atoms with van der Waals surface area (Å²) in [5.74, 6) is -3.37. The van der Waals surface area contributed by atoms with Crippen molar-refractivity contribution < 1.29 is 33.6 Å². The van der Waals surface area contributed by atoms with E-state index in [1.54, 1.807) is 13.8 Å². The summed E-state index contributed by atoms with van der Waals surface area (Å²) in [5.41, 5.74) is -3.84. The molecule has 0 radical (unpaired) electrons. The number of aliphatic hydroxyl groups excluding tert-OH is 1. The molecule has 1 aliphatic rings. The summed E-state index contributed by atoms with van der Waals surface area (Å²) in [7, 11) is 0. The van der Waals surface area contributed by atoms with Gasteiger partial charge in [-0.05, 0) is 27.7 Å². The summed E-state index contributed by atoms with van der Waals surface area (Å²) < 4.78 is 31.1. The Morgan fingerprint density at radius 1 is 1.45 bits per heavy atom. The number of hydrogen-bond acceptors (Lipinski definition) is 9. The van der Waals surface area contributed by atoms with Gasteiger partial charge in [-0.2, -0.15) is 0 Å². The minimum Gasteiger partial charge on any atom is -0.462 e. The Bertz CT molecular complexity index is 838. The van der Waals surface area contributed by atoms with Crippen LogP contribution >= 0.6 is 0 Å². The minimum atomic E-state index is -2.85. The smallest absolute Gasteiger partial charge is 0.330 e. The van der Waals surface area contributed by atoms with Crippen molar-refractivity contribution in [2.75, 3.05) is 13.3 Å². The molecule has 1 saturated heterocycles. The highest BCUT2D eigenvalue weighted by Crippen LogP contribution is 2.44. The molecule has 0 aromatic carbocycles. The number of nitrogens with zero attached hydrogens (tertiary/aromatic N) is 1. The van der Waals surface area contributed by atoms with Crippen molar-refractivity contribution in [1.29, 1.82) is 0 Å². The van der Waals surface area contributed by atoms with E-state index in [2.05, 4.69) is 5.32 Å². The normalized spacial score (nSPS) is 30.5. The predicted molar refractivity (Wildman–Crippen MR) is 96.6 cm³/mol. The van der Waals surface area contributed by atoms with Gasteiger partial charge in [0.2, 0.25) is 0 Å². The van der Waals surface area contributed by atoms with E-state index in [1.165, 1.54) is 6.92 Å². The van der Waals surface area contributed by atoms with Crippen LogP contribution in [0.5, 0.6) is 0 Å². The first-order valence-electron chi connectivity index (χ1n) is 8.98. The number of carbonyl (C=O) groups excluding carboxylic acids is 1. The Morgan fingerprint density at radius 2 is 2.10 bits per heavy atom. The van der Waals surface area contributed by atoms with E-state index < -0.39 is 53.7 Å². The van der Waals surface area contributed by atoms with Crippen LogP contribution in [-0.4, -0.2) is 68.8 Å². The monoisotopic (exact) mass is 419 g/mol. The Kier molecular flexibility index (Phi) is 6.96. The Labute approximate surface area is 165 Å². The number of halogens is 1. The quantitative estimate of drug-likeness (QED) is 0.230. The standard InChI is InChI=1S/C17H26FN3O8/c1-9(2)28-12(23)10(3)19-8-27-7-17(18)13(24)16(4,26)14(29-17)21-6-5-11(22)20-15(21)25/h5-6,9-10,13-14,19,24,26H,7-8H2,1-4H3,(H,20,22,25)/t10-,13+,14-,16-,17-/m1/s1. The highest BCUT2D eigenvalue weighted by molar-refractivity contribution is 5.75. The Hall–Kier alpha value is -2.12. The molecule has 1 aliphatic heterocycles. The molecule has 0 unspecified atom stereocenters. The van der Waals surface area contributed by atoms with E-state index >= 15 is 4.39 Å². The maximum Gasteiger partial charge on any atom is 0.330 e. The molecule has 4 N–H and O–H groups in total. The molecule has 0 aliphatic carbocycles. The summed E-state index contributed by atoms with van der Waals surface area (Å²) in [5, 5.41) is 23.4. The van der Waals surface area contributed by atoms with E-state index in [4.69, 9.17) is 14.2 Å². The first kappa shape index (κ1) is 23.2. The average Bonchev–Trinajstić information content (AvgIpc) is 2.79. The Morgan fingerprint density at radius 3 is 2.69 bits per heavy atom. The fourth-order valence-corrected chi connectivity index (χ4v) is 2.80. The van der Waals surface area contributed by atoms with E-state index in [0.717, 1.165) is 23.8 Å². The van der Waals surface area contributed by atoms with Gasteiger partial charge < -0.3 is 24.4 Å². The number of aromatic amines is 1. The van der Waals surface area contributed by atoms with E-state index in [-0.39, 0.29) is 12.8 Å². The van der Waals surface area contributed by atoms with Crippen LogP contribution in [-0.2, 0) is 19.0 Å². The van der Waals surface area contributed by atoms with Crippen molar-refractivity contribution in [2.24, 2.45) is 0 Å². The topological polar surface area (TPSA) is 152 Å². The maximum atomic E-state index is 15.1. The van der Waals surface area contributed by atoms with Gasteiger partial charge in [-0.25, -0.2) is 9.18 Å². The van der Waals surface area contributed by atoms with Gasteiger partial charge in [-0.3, -0.25) is 24.5 Å². The third-order valence-electron chi connectivity index (χ3n) is 4.37. The molecule has 5 atom stereocenters. The number of alkyl halides is 1. The third kappa shape index (κ3) is 5.08. The molecule has 2 heterocycles. The second-order valence-corrected chi connectivity index (χ2v) is 7.31. The number of esters is 1. The minimum absolute atomic E-state index is 0.276. The maximum absolute atomic E-state index is 15.1. The molecule has 12 heteroatoms. The molecule has 2 rings (SSSR count). The summed E-state index contributed by atoms with van der Waals surface area (Å²) in [6.45, 7) is 4.93. The SMILES string of the molecule is CC(C)OC(=O)[C@@H](C)NCOC[C@@]1(F)O[C@@H](n2ccc(=O)[nH]c2=O)[C@](C)(O)[C@@H]1O. The number of rotatable bonds is 8. The van der Waals surface area contributed by atoms with Crippen molar-refractivity contribution >= 4 is 5.97 Å². The molecule has 1 fully saturated rings. The van der Waals surface area contributed by atoms with Crippen molar-refractivity contribution in [3.63, 3.8) is 0 Å². The van der Waals surface area contributed by atoms with E-state index in [9.17, 15) is 24.6 Å². The second kappa shape index (κ2) is 8.71. The van der Waals surface area contributed by atoms with Crippen LogP contribution in [0.2, 0.25) is 0 Å². The molecule has 1 aromatic heterocycles. The lowest BCUT2D eigenvalue weighted by Crippen LogP contribution is -2.50. The van der Waals surface area contributed by atoms with Crippen molar-refractivity contribution in [3.8, 4) is 0 Å². The summed E-state index contributed by atoms with van der Waals surface area (Å²) in [6, 6.07) is 0.265. The fraction of sp³-hybridized carbons (Fsp3) is 0.706. The lowest BCUT2D eigenvalue weighted by atomic mass is 9.95. The summed E-state index contributed by atoms with van der Waals surface area (Å²) >= 11 is 0. The van der Waals surface area contributed by atoms with Crippen LogP contribution in [0, 0.1) is 0 Å². The molecular weight excluding hydrogens is 393 g/mol. The van der Waals surface area contributed by atoms with Crippen molar-refractivity contribution in [2.45, 2.75) is 63.6 Å². The fourth-order valence-electron chi connectivity index (χ4n) is 2.80. The average molecular weight is 419 g/mol. The van der Waals surface area contributed by atoms with Crippen molar-refractivity contribution in [1.82, 2.24) is 14.9 Å². The zero-order valence-corrected chi connectivity index (χ0v) is 16.5. The van der Waals surface area contributed by atoms with Gasteiger partial charge in [0.25, 0.3) is 11.4 Å². The van der Waals surface area contributed by atoms with Crippen LogP contribution < -0.4 is 16.6 Å². The highest BCUT2D eigenvalue weighted by Gasteiger charge is 2.63. The van der Waals surface area contributed by atoms with Gasteiger partial charge in [-0.1, -0.05) is 0 Å². The molecule has 1 aromatic rings. The van der Waals surface area contributed by atoms with E-state index in [1.807, 2.05) is 4.98 Å². The van der Waals surface area contributed by atoms with Crippen LogP contribution in [0.25, 0.3) is 0 Å². The number of aromatic nitrogens is 2. The third-order valence-corrected chi connectivity index (χ3v) is 4.37. The van der Waals surface area contributed by atoms with Gasteiger partial charge >= 0.3 is 11.7 Å². The number of H-pyrrole nitrogens is 1. The van der Waals surface area contributed by atoms with Crippen LogP contribution in [0.1, 0.15) is 33.9 Å². The lowest BCUT2D eigenvalue weighted by Gasteiger charge is -2.27. The second-order valence-electron chi connectivity index (χ2n) is 7.31. The molecule has 11 nitrogen and oxygen atoms in total. The molecule has 0 saturated carbocycles. The predicted octanol–water partition coefficient (Wildman–Crippen LogP) is -1.25. The lowest BCUT2D eigenvalue weighted by molar-refractivity contribution is -0.217. The van der Waals surface area contributed by atoms with Gasteiger partial charge in [0.1, 0.15) is 24.4 Å².